The van der Waals surface area contributed by atoms with Crippen molar-refractivity contribution in [1.29, 1.82) is 5.26 Å². The molecular formula is C20H22N6O3S. The van der Waals surface area contributed by atoms with Crippen LogP contribution < -0.4 is 10.6 Å². The van der Waals surface area contributed by atoms with Crippen LogP contribution in [0.15, 0.2) is 36.7 Å². The summed E-state index contributed by atoms with van der Waals surface area (Å²) in [5.41, 5.74) is 3.63. The Morgan fingerprint density at radius 1 is 1.30 bits per heavy atom. The molecule has 3 aromatic heterocycles. The van der Waals surface area contributed by atoms with E-state index in [1.807, 2.05) is 26.0 Å². The molecule has 9 nitrogen and oxygen atoms in total. The Morgan fingerprint density at radius 3 is 2.73 bits per heavy atom. The molecule has 0 unspecified atom stereocenters. The van der Waals surface area contributed by atoms with Crippen molar-refractivity contribution < 1.29 is 13.9 Å². The normalized spacial score (nSPS) is 16.7. The van der Waals surface area contributed by atoms with Crippen molar-refractivity contribution in [1.82, 2.24) is 19.9 Å². The van der Waals surface area contributed by atoms with Gasteiger partial charge in [-0.25, -0.2) is 4.52 Å². The van der Waals surface area contributed by atoms with E-state index in [4.69, 9.17) is 5.26 Å². The Hall–Kier alpha value is -3.13. The Morgan fingerprint density at radius 2 is 2.07 bits per heavy atom. The van der Waals surface area contributed by atoms with Crippen LogP contribution in [-0.4, -0.2) is 53.2 Å². The molecule has 10 heteroatoms. The van der Waals surface area contributed by atoms with Gasteiger partial charge in [0, 0.05) is 12.2 Å². The van der Waals surface area contributed by atoms with E-state index in [-0.39, 0.29) is 29.5 Å². The first-order chi connectivity index (χ1) is 14.3. The molecule has 30 heavy (non-hydrogen) atoms. The zero-order valence-electron chi connectivity index (χ0n) is 16.5. The van der Waals surface area contributed by atoms with Gasteiger partial charge in [-0.3, -0.25) is 18.9 Å². The van der Waals surface area contributed by atoms with Crippen LogP contribution in [0.25, 0.3) is 16.9 Å². The number of carbonyl (C=O) groups is 1. The van der Waals surface area contributed by atoms with E-state index in [0.29, 0.717) is 22.5 Å². The van der Waals surface area contributed by atoms with Gasteiger partial charge in [0.2, 0.25) is 0 Å². The number of hydrogen-bond acceptors (Lipinski definition) is 7. The number of nitrogens with zero attached hydrogens (tertiary/aromatic N) is 4. The highest BCUT2D eigenvalue weighted by molar-refractivity contribution is 8.25. The summed E-state index contributed by atoms with van der Waals surface area (Å²) in [6, 6.07) is 9.17. The number of carbonyl (C=O) groups excluding carboxylic acids is 1. The molecule has 1 aliphatic rings. The van der Waals surface area contributed by atoms with Gasteiger partial charge in [0.25, 0.3) is 5.91 Å². The Balaban J connectivity index is 1.66. The predicted molar refractivity (Wildman–Crippen MR) is 116 cm³/mol. The minimum Gasteiger partial charge on any atom is -0.382 e. The van der Waals surface area contributed by atoms with Crippen molar-refractivity contribution in [2.75, 3.05) is 16.8 Å². The molecule has 0 radical (unpaired) electrons. The summed E-state index contributed by atoms with van der Waals surface area (Å²) >= 11 is 0. The van der Waals surface area contributed by atoms with Crippen LogP contribution in [0.3, 0.4) is 0 Å². The third-order valence-corrected chi connectivity index (χ3v) is 6.63. The second kappa shape index (κ2) is 7.60. The number of aromatic nitrogens is 3. The lowest BCUT2D eigenvalue weighted by Gasteiger charge is -2.47. The molecule has 156 valence electrons. The molecule has 4 N–H and O–H groups in total. The predicted octanol–water partition coefficient (Wildman–Crippen LogP) is 2.95. The van der Waals surface area contributed by atoms with Gasteiger partial charge in [0.15, 0.2) is 0 Å². The third-order valence-electron chi connectivity index (χ3n) is 4.76. The average Bonchev–Trinajstić information content (AvgIpc) is 3.09. The first kappa shape index (κ1) is 20.2. The molecule has 0 spiro atoms. The monoisotopic (exact) mass is 426 g/mol. The zero-order chi connectivity index (χ0) is 21.5. The zero-order valence-corrected chi connectivity index (χ0v) is 17.3. The highest BCUT2D eigenvalue weighted by Gasteiger charge is 2.35. The van der Waals surface area contributed by atoms with Gasteiger partial charge in [-0.15, -0.1) is 0 Å². The standard InChI is InChI=1S/C20H22N6O3S/c1-12(2)24-17-6-18(19-4-3-15-5-13(7-21)8-23-26(15)19)22-9-16(17)20(27)25-14-10-30(28,29)11-14/h3-6,8-9,12,14,28-29H,10-11H2,1-2H3,(H,22,24)(H,25,27). The first-order valence-corrected chi connectivity index (χ1v) is 11.3. The van der Waals surface area contributed by atoms with Gasteiger partial charge in [-0.2, -0.15) is 21.0 Å². The van der Waals surface area contributed by atoms with Crippen LogP contribution in [0.5, 0.6) is 0 Å². The minimum atomic E-state index is -2.53. The highest BCUT2D eigenvalue weighted by Crippen LogP contribution is 2.48. The number of anilines is 1. The second-order valence-corrected chi connectivity index (χ2v) is 9.90. The lowest BCUT2D eigenvalue weighted by atomic mass is 10.1. The van der Waals surface area contributed by atoms with Crippen molar-refractivity contribution in [3.05, 3.63) is 47.8 Å². The molecule has 1 aliphatic heterocycles. The highest BCUT2D eigenvalue weighted by atomic mass is 32.3. The smallest absolute Gasteiger partial charge is 0.255 e. The van der Waals surface area contributed by atoms with Crippen molar-refractivity contribution >= 4 is 27.7 Å². The summed E-state index contributed by atoms with van der Waals surface area (Å²) in [5.74, 6) is 0.0572. The van der Waals surface area contributed by atoms with Crippen molar-refractivity contribution in [3.8, 4) is 17.5 Å². The fourth-order valence-electron chi connectivity index (χ4n) is 3.40. The van der Waals surface area contributed by atoms with Crippen LogP contribution in [0.2, 0.25) is 0 Å². The molecule has 0 bridgehead atoms. The van der Waals surface area contributed by atoms with Gasteiger partial charge >= 0.3 is 0 Å². The quantitative estimate of drug-likeness (QED) is 0.492. The van der Waals surface area contributed by atoms with E-state index >= 15 is 0 Å². The van der Waals surface area contributed by atoms with E-state index < -0.39 is 10.6 Å². The van der Waals surface area contributed by atoms with Crippen LogP contribution in [0.1, 0.15) is 29.8 Å². The Labute approximate surface area is 175 Å². The number of pyridine rings is 1. The lowest BCUT2D eigenvalue weighted by Crippen LogP contribution is -2.50. The fourth-order valence-corrected chi connectivity index (χ4v) is 4.76. The van der Waals surface area contributed by atoms with Crippen molar-refractivity contribution in [2.24, 2.45) is 0 Å². The van der Waals surface area contributed by atoms with Gasteiger partial charge in [0.05, 0.1) is 57.5 Å². The summed E-state index contributed by atoms with van der Waals surface area (Å²) < 4.78 is 20.8. The molecule has 1 amide bonds. The number of nitrogens with one attached hydrogen (secondary N) is 2. The number of hydrogen-bond donors (Lipinski definition) is 4. The van der Waals surface area contributed by atoms with Gasteiger partial charge in [-0.1, -0.05) is 0 Å². The summed E-state index contributed by atoms with van der Waals surface area (Å²) in [6.45, 7) is 3.95. The summed E-state index contributed by atoms with van der Waals surface area (Å²) in [4.78, 5) is 17.2. The van der Waals surface area contributed by atoms with Crippen LogP contribution in [-0.2, 0) is 0 Å². The number of nitriles is 1. The molecule has 0 saturated carbocycles. The fraction of sp³-hybridized carbons (Fsp3) is 0.300. The summed E-state index contributed by atoms with van der Waals surface area (Å²) in [7, 11) is -2.53. The maximum atomic E-state index is 12.7. The Bertz CT molecular complexity index is 1160. The second-order valence-electron chi connectivity index (χ2n) is 7.63. The van der Waals surface area contributed by atoms with E-state index in [1.165, 1.54) is 12.4 Å². The van der Waals surface area contributed by atoms with E-state index in [0.717, 1.165) is 11.2 Å². The maximum absolute atomic E-state index is 12.7. The van der Waals surface area contributed by atoms with Gasteiger partial charge < -0.3 is 10.6 Å². The van der Waals surface area contributed by atoms with E-state index in [2.05, 4.69) is 26.8 Å². The molecule has 4 rings (SSSR count). The van der Waals surface area contributed by atoms with Crippen LogP contribution >= 0.6 is 10.6 Å². The molecule has 3 aromatic rings. The Kier molecular flexibility index (Phi) is 5.11. The maximum Gasteiger partial charge on any atom is 0.255 e. The molecule has 0 aliphatic carbocycles. The SMILES string of the molecule is CC(C)Nc1cc(-c2ccc3cc(C#N)cnn23)ncc1C(=O)NC1CS(O)(O)C1. The number of fused-ring (bicyclic) bond motifs is 1. The molecule has 1 fully saturated rings. The summed E-state index contributed by atoms with van der Waals surface area (Å²) in [6.07, 6.45) is 3.00. The topological polar surface area (TPSA) is 136 Å². The number of rotatable bonds is 5. The molecular weight excluding hydrogens is 404 g/mol. The largest absolute Gasteiger partial charge is 0.382 e. The first-order valence-electron chi connectivity index (χ1n) is 9.45. The third kappa shape index (κ3) is 3.95. The van der Waals surface area contributed by atoms with Crippen LogP contribution in [0.4, 0.5) is 5.69 Å². The van der Waals surface area contributed by atoms with Crippen molar-refractivity contribution in [2.45, 2.75) is 25.9 Å². The van der Waals surface area contributed by atoms with E-state index in [9.17, 15) is 13.9 Å². The van der Waals surface area contributed by atoms with E-state index in [1.54, 1.807) is 16.6 Å². The number of amides is 1. The average molecular weight is 427 g/mol. The summed E-state index contributed by atoms with van der Waals surface area (Å²) in [5, 5.41) is 19.5. The molecule has 1 saturated heterocycles. The lowest BCUT2D eigenvalue weighted by molar-refractivity contribution is 0.0941. The van der Waals surface area contributed by atoms with Gasteiger partial charge in [0.1, 0.15) is 6.07 Å². The van der Waals surface area contributed by atoms with Gasteiger partial charge in [-0.05, 0) is 38.1 Å². The molecule has 0 aromatic carbocycles. The minimum absolute atomic E-state index is 0.0860. The van der Waals surface area contributed by atoms with Crippen LogP contribution in [0, 0.1) is 11.3 Å². The molecule has 0 atom stereocenters. The molecule has 4 heterocycles. The van der Waals surface area contributed by atoms with Crippen molar-refractivity contribution in [3.63, 3.8) is 0 Å².